The summed E-state index contributed by atoms with van der Waals surface area (Å²) < 4.78 is 4.79. The second-order valence-electron chi connectivity index (χ2n) is 10.2. The Morgan fingerprint density at radius 3 is 2.83 bits per heavy atom. The molecule has 1 fully saturated rings. The fourth-order valence-electron chi connectivity index (χ4n) is 5.80. The molecular weight excluding hydrogens is 360 g/mol. The molecule has 29 heavy (non-hydrogen) atoms. The van der Waals surface area contributed by atoms with Crippen molar-refractivity contribution < 1.29 is 14.6 Å². The SMILES string of the molecule is C=C(C)CCC[C@]1(C)CCC[C@@H]2C1=CC[C@@H](C)[C@]2(C)C/C=C/C1=CC(=O)OC1O. The fraction of sp³-hybridized carbons (Fsp3) is 0.654. The van der Waals surface area contributed by atoms with Gasteiger partial charge in [-0.1, -0.05) is 56.6 Å². The van der Waals surface area contributed by atoms with E-state index < -0.39 is 12.3 Å². The number of ether oxygens (including phenoxy) is 1. The molecule has 1 N–H and O–H groups in total. The lowest BCUT2D eigenvalue weighted by Gasteiger charge is -2.54. The van der Waals surface area contributed by atoms with Gasteiger partial charge in [-0.2, -0.15) is 0 Å². The predicted molar refractivity (Wildman–Crippen MR) is 118 cm³/mol. The van der Waals surface area contributed by atoms with Crippen molar-refractivity contribution in [2.24, 2.45) is 22.7 Å². The molecule has 0 aromatic carbocycles. The molecule has 1 saturated carbocycles. The molecule has 3 rings (SSSR count). The topological polar surface area (TPSA) is 46.5 Å². The van der Waals surface area contributed by atoms with E-state index in [1.807, 2.05) is 6.08 Å². The average molecular weight is 399 g/mol. The Hall–Kier alpha value is -1.61. The maximum absolute atomic E-state index is 11.3. The van der Waals surface area contributed by atoms with E-state index in [4.69, 9.17) is 4.74 Å². The third-order valence-electron chi connectivity index (χ3n) is 7.90. The summed E-state index contributed by atoms with van der Waals surface area (Å²) in [5.74, 6) is 0.760. The number of cyclic esters (lactones) is 1. The van der Waals surface area contributed by atoms with Gasteiger partial charge >= 0.3 is 5.97 Å². The highest BCUT2D eigenvalue weighted by Gasteiger charge is 2.48. The second kappa shape index (κ2) is 8.63. The molecule has 1 unspecified atom stereocenters. The van der Waals surface area contributed by atoms with Gasteiger partial charge < -0.3 is 9.84 Å². The maximum Gasteiger partial charge on any atom is 0.333 e. The van der Waals surface area contributed by atoms with Gasteiger partial charge in [0, 0.05) is 11.6 Å². The largest absolute Gasteiger partial charge is 0.428 e. The molecular formula is C26H38O3. The first-order valence-electron chi connectivity index (χ1n) is 11.3. The van der Waals surface area contributed by atoms with E-state index in [-0.39, 0.29) is 5.41 Å². The van der Waals surface area contributed by atoms with Crippen molar-refractivity contribution in [3.05, 3.63) is 47.6 Å². The van der Waals surface area contributed by atoms with Crippen molar-refractivity contribution in [2.75, 3.05) is 0 Å². The zero-order chi connectivity index (χ0) is 21.2. The van der Waals surface area contributed by atoms with E-state index in [1.54, 1.807) is 5.57 Å². The van der Waals surface area contributed by atoms with Gasteiger partial charge in [0.05, 0.1) is 0 Å². The standard InChI is InChI=1S/C26H38O3/c1-18(2)9-6-14-25(4)15-8-11-22-21(25)13-12-19(3)26(22,5)16-7-10-20-17-23(27)29-24(20)28/h7,10,13,17,19,22,24,28H,1,6,8-9,11-12,14-16H2,2-5H3/b10-7+/t19-,22-,24?,25-,26+/m1/s1. The molecule has 5 atom stereocenters. The molecule has 160 valence electrons. The summed E-state index contributed by atoms with van der Waals surface area (Å²) in [7, 11) is 0. The Labute approximate surface area is 176 Å². The van der Waals surface area contributed by atoms with Gasteiger partial charge in [0.15, 0.2) is 0 Å². The van der Waals surface area contributed by atoms with Crippen molar-refractivity contribution in [3.8, 4) is 0 Å². The van der Waals surface area contributed by atoms with Crippen molar-refractivity contribution in [3.63, 3.8) is 0 Å². The van der Waals surface area contributed by atoms with Crippen LogP contribution in [0.4, 0.5) is 0 Å². The molecule has 1 heterocycles. The summed E-state index contributed by atoms with van der Waals surface area (Å²) >= 11 is 0. The van der Waals surface area contributed by atoms with E-state index in [2.05, 4.69) is 46.4 Å². The second-order valence-corrected chi connectivity index (χ2v) is 10.2. The molecule has 1 aliphatic heterocycles. The van der Waals surface area contributed by atoms with Crippen molar-refractivity contribution in [1.29, 1.82) is 0 Å². The highest BCUT2D eigenvalue weighted by Crippen LogP contribution is 2.59. The normalized spacial score (nSPS) is 37.1. The molecule has 3 nitrogen and oxygen atoms in total. The highest BCUT2D eigenvalue weighted by atomic mass is 16.6. The summed E-state index contributed by atoms with van der Waals surface area (Å²) in [6, 6.07) is 0. The minimum atomic E-state index is -1.11. The Kier molecular flexibility index (Phi) is 6.57. The zero-order valence-corrected chi connectivity index (χ0v) is 18.7. The number of carbonyl (C=O) groups excluding carboxylic acids is 1. The predicted octanol–water partition coefficient (Wildman–Crippen LogP) is 6.26. The molecule has 0 aromatic rings. The van der Waals surface area contributed by atoms with Crippen LogP contribution in [0.1, 0.15) is 79.1 Å². The van der Waals surface area contributed by atoms with Crippen LogP contribution in [0.25, 0.3) is 0 Å². The van der Waals surface area contributed by atoms with Crippen LogP contribution in [0.2, 0.25) is 0 Å². The van der Waals surface area contributed by atoms with E-state index in [0.717, 1.165) is 19.3 Å². The Bertz CT molecular complexity index is 743. The molecule has 0 bridgehead atoms. The number of hydrogen-bond donors (Lipinski definition) is 1. The van der Waals surface area contributed by atoms with E-state index in [1.165, 1.54) is 43.8 Å². The maximum atomic E-state index is 11.3. The summed E-state index contributed by atoms with van der Waals surface area (Å²) in [5, 5.41) is 9.81. The van der Waals surface area contributed by atoms with Crippen LogP contribution in [0, 0.1) is 22.7 Å². The number of fused-ring (bicyclic) bond motifs is 1. The molecule has 2 aliphatic carbocycles. The molecule has 0 aromatic heterocycles. The monoisotopic (exact) mass is 398 g/mol. The fourth-order valence-corrected chi connectivity index (χ4v) is 5.80. The van der Waals surface area contributed by atoms with Crippen LogP contribution in [0.15, 0.2) is 47.6 Å². The summed E-state index contributed by atoms with van der Waals surface area (Å²) in [6.07, 6.45) is 16.4. The number of rotatable bonds is 7. The number of allylic oxidation sites excluding steroid dienone is 4. The Morgan fingerprint density at radius 1 is 1.41 bits per heavy atom. The first-order valence-corrected chi connectivity index (χ1v) is 11.3. The van der Waals surface area contributed by atoms with E-state index >= 15 is 0 Å². The van der Waals surface area contributed by atoms with Gasteiger partial charge in [-0.3, -0.25) is 0 Å². The van der Waals surface area contributed by atoms with Gasteiger partial charge in [-0.05, 0) is 74.5 Å². The molecule has 0 radical (unpaired) electrons. The summed E-state index contributed by atoms with van der Waals surface area (Å²) in [5.41, 5.74) is 4.05. The molecule has 0 amide bonds. The Balaban J connectivity index is 1.76. The summed E-state index contributed by atoms with van der Waals surface area (Å²) in [4.78, 5) is 11.3. The number of carbonyl (C=O) groups is 1. The molecule has 3 heteroatoms. The lowest BCUT2D eigenvalue weighted by Crippen LogP contribution is -2.44. The van der Waals surface area contributed by atoms with Crippen LogP contribution in [0.5, 0.6) is 0 Å². The van der Waals surface area contributed by atoms with Crippen LogP contribution in [-0.2, 0) is 9.53 Å². The minimum Gasteiger partial charge on any atom is -0.428 e. The van der Waals surface area contributed by atoms with Gasteiger partial charge in [-0.25, -0.2) is 4.79 Å². The number of aliphatic hydroxyl groups is 1. The molecule has 0 saturated heterocycles. The Morgan fingerprint density at radius 2 is 2.17 bits per heavy atom. The lowest BCUT2D eigenvalue weighted by atomic mass is 9.51. The highest BCUT2D eigenvalue weighted by molar-refractivity contribution is 5.86. The first kappa shape index (κ1) is 22.1. The van der Waals surface area contributed by atoms with Crippen molar-refractivity contribution in [2.45, 2.75) is 85.4 Å². The molecule has 0 spiro atoms. The lowest BCUT2D eigenvalue weighted by molar-refractivity contribution is -0.150. The third-order valence-corrected chi connectivity index (χ3v) is 7.90. The average Bonchev–Trinajstić information content (AvgIpc) is 2.96. The van der Waals surface area contributed by atoms with E-state index in [9.17, 15) is 9.90 Å². The quantitative estimate of drug-likeness (QED) is 0.407. The first-order chi connectivity index (χ1) is 13.7. The van der Waals surface area contributed by atoms with Crippen LogP contribution >= 0.6 is 0 Å². The van der Waals surface area contributed by atoms with Crippen molar-refractivity contribution in [1.82, 2.24) is 0 Å². The van der Waals surface area contributed by atoms with Crippen LogP contribution in [0.3, 0.4) is 0 Å². The minimum absolute atomic E-state index is 0.200. The smallest absolute Gasteiger partial charge is 0.333 e. The van der Waals surface area contributed by atoms with Gasteiger partial charge in [-0.15, -0.1) is 6.58 Å². The van der Waals surface area contributed by atoms with Gasteiger partial charge in [0.25, 0.3) is 0 Å². The number of esters is 1. The van der Waals surface area contributed by atoms with Gasteiger partial charge in [0.2, 0.25) is 6.29 Å². The third kappa shape index (κ3) is 4.60. The summed E-state index contributed by atoms with van der Waals surface area (Å²) in [6.45, 7) is 13.5. The van der Waals surface area contributed by atoms with Crippen LogP contribution in [-0.4, -0.2) is 17.4 Å². The van der Waals surface area contributed by atoms with E-state index in [0.29, 0.717) is 22.8 Å². The molecule has 3 aliphatic rings. The number of aliphatic hydroxyl groups excluding tert-OH is 1. The van der Waals surface area contributed by atoms with Gasteiger partial charge in [0.1, 0.15) is 0 Å². The van der Waals surface area contributed by atoms with Crippen molar-refractivity contribution >= 4 is 5.97 Å². The zero-order valence-electron chi connectivity index (χ0n) is 18.7. The number of hydrogen-bond acceptors (Lipinski definition) is 3. The van der Waals surface area contributed by atoms with Crippen LogP contribution < -0.4 is 0 Å².